The van der Waals surface area contributed by atoms with Gasteiger partial charge in [0, 0.05) is 24.4 Å². The molecule has 0 spiro atoms. The first-order valence-electron chi connectivity index (χ1n) is 5.38. The molecule has 5 heteroatoms. The van der Waals surface area contributed by atoms with Gasteiger partial charge in [0.2, 0.25) is 0 Å². The maximum Gasteiger partial charge on any atom is 0.183 e. The number of aromatic nitrogens is 4. The molecule has 2 aromatic rings. The van der Waals surface area contributed by atoms with Gasteiger partial charge in [-0.05, 0) is 25.0 Å². The highest BCUT2D eigenvalue weighted by molar-refractivity contribution is 5.52. The van der Waals surface area contributed by atoms with Crippen molar-refractivity contribution in [3.05, 3.63) is 30.4 Å². The van der Waals surface area contributed by atoms with Crippen molar-refractivity contribution in [2.45, 2.75) is 25.5 Å². The highest BCUT2D eigenvalue weighted by Crippen LogP contribution is 2.23. The third-order valence-electron chi connectivity index (χ3n) is 2.77. The Hall–Kier alpha value is -1.75. The van der Waals surface area contributed by atoms with Gasteiger partial charge in [-0.3, -0.25) is 4.98 Å². The fourth-order valence-electron chi connectivity index (χ4n) is 1.95. The lowest BCUT2D eigenvalue weighted by molar-refractivity contribution is 0.0648. The smallest absolute Gasteiger partial charge is 0.183 e. The van der Waals surface area contributed by atoms with Crippen LogP contribution in [0.25, 0.3) is 11.4 Å². The van der Waals surface area contributed by atoms with Crippen molar-refractivity contribution in [3.63, 3.8) is 0 Å². The Bertz CT molecular complexity index is 494. The second-order valence-corrected chi connectivity index (χ2v) is 3.91. The van der Waals surface area contributed by atoms with E-state index in [0.717, 1.165) is 30.7 Å². The van der Waals surface area contributed by atoms with Crippen LogP contribution in [-0.4, -0.2) is 24.9 Å². The molecule has 3 rings (SSSR count). The van der Waals surface area contributed by atoms with Crippen LogP contribution in [0.15, 0.2) is 24.5 Å². The Balaban J connectivity index is 2.05. The first kappa shape index (κ1) is 9.47. The van der Waals surface area contributed by atoms with Crippen molar-refractivity contribution in [2.75, 3.05) is 0 Å². The van der Waals surface area contributed by atoms with E-state index < -0.39 is 6.23 Å². The quantitative estimate of drug-likeness (QED) is 0.777. The Kier molecular flexibility index (Phi) is 2.18. The first-order chi connectivity index (χ1) is 7.84. The highest BCUT2D eigenvalue weighted by Gasteiger charge is 2.21. The number of hydrogen-bond acceptors (Lipinski definition) is 4. The van der Waals surface area contributed by atoms with Crippen molar-refractivity contribution < 1.29 is 5.11 Å². The molecule has 0 aliphatic carbocycles. The van der Waals surface area contributed by atoms with E-state index in [1.54, 1.807) is 17.1 Å². The van der Waals surface area contributed by atoms with Gasteiger partial charge in [0.25, 0.3) is 0 Å². The van der Waals surface area contributed by atoms with E-state index in [2.05, 4.69) is 15.1 Å². The number of pyridine rings is 1. The third kappa shape index (κ3) is 1.49. The average molecular weight is 216 g/mol. The maximum absolute atomic E-state index is 9.77. The molecule has 16 heavy (non-hydrogen) atoms. The van der Waals surface area contributed by atoms with Crippen LogP contribution >= 0.6 is 0 Å². The molecular weight excluding hydrogens is 204 g/mol. The number of fused-ring (bicyclic) bond motifs is 1. The molecule has 1 unspecified atom stereocenters. The van der Waals surface area contributed by atoms with Gasteiger partial charge in [0.15, 0.2) is 5.82 Å². The molecule has 1 aliphatic rings. The van der Waals surface area contributed by atoms with E-state index >= 15 is 0 Å². The van der Waals surface area contributed by atoms with Crippen LogP contribution in [0, 0.1) is 0 Å². The lowest BCUT2D eigenvalue weighted by atomic mass is 10.1. The highest BCUT2D eigenvalue weighted by atomic mass is 16.3. The van der Waals surface area contributed by atoms with Crippen molar-refractivity contribution in [2.24, 2.45) is 0 Å². The van der Waals surface area contributed by atoms with E-state index in [-0.39, 0.29) is 0 Å². The van der Waals surface area contributed by atoms with Gasteiger partial charge in [0.05, 0.1) is 0 Å². The second-order valence-electron chi connectivity index (χ2n) is 3.91. The molecular formula is C11H12N4O. The van der Waals surface area contributed by atoms with E-state index in [1.807, 2.05) is 12.1 Å². The molecule has 1 N–H and O–H groups in total. The Morgan fingerprint density at radius 2 is 2.38 bits per heavy atom. The molecule has 3 heterocycles. The molecule has 1 atom stereocenters. The van der Waals surface area contributed by atoms with Crippen LogP contribution in [0.2, 0.25) is 0 Å². The van der Waals surface area contributed by atoms with Crippen LogP contribution < -0.4 is 0 Å². The molecule has 0 amide bonds. The number of rotatable bonds is 1. The Morgan fingerprint density at radius 3 is 3.12 bits per heavy atom. The Morgan fingerprint density at radius 1 is 1.44 bits per heavy atom. The van der Waals surface area contributed by atoms with Gasteiger partial charge >= 0.3 is 0 Å². The number of aliphatic hydroxyl groups is 1. The monoisotopic (exact) mass is 216 g/mol. The predicted octanol–water partition coefficient (Wildman–Crippen LogP) is 1.17. The van der Waals surface area contributed by atoms with Crippen molar-refractivity contribution in [3.8, 4) is 11.4 Å². The molecule has 1 aliphatic heterocycles. The van der Waals surface area contributed by atoms with Gasteiger partial charge in [0.1, 0.15) is 12.1 Å². The zero-order valence-electron chi connectivity index (χ0n) is 8.74. The standard InChI is InChI=1S/C11H12N4O/c16-10-5-1-4-9-13-11(14-15(9)10)8-3-2-6-12-7-8/h2-3,6-7,10,16H,1,4-5H2. The zero-order valence-corrected chi connectivity index (χ0v) is 8.74. The summed E-state index contributed by atoms with van der Waals surface area (Å²) in [6.07, 6.45) is 5.52. The van der Waals surface area contributed by atoms with Gasteiger partial charge in [-0.25, -0.2) is 9.67 Å². The molecule has 82 valence electrons. The lowest BCUT2D eigenvalue weighted by Crippen LogP contribution is -2.18. The lowest BCUT2D eigenvalue weighted by Gasteiger charge is -2.17. The molecule has 0 aromatic carbocycles. The summed E-state index contributed by atoms with van der Waals surface area (Å²) >= 11 is 0. The minimum absolute atomic E-state index is 0.526. The van der Waals surface area contributed by atoms with Crippen molar-refractivity contribution in [1.29, 1.82) is 0 Å². The summed E-state index contributed by atoms with van der Waals surface area (Å²) in [5.74, 6) is 1.50. The first-order valence-corrected chi connectivity index (χ1v) is 5.38. The molecule has 0 bridgehead atoms. The summed E-state index contributed by atoms with van der Waals surface area (Å²) in [6, 6.07) is 3.77. The summed E-state index contributed by atoms with van der Waals surface area (Å²) in [6.45, 7) is 0. The van der Waals surface area contributed by atoms with Crippen LogP contribution in [-0.2, 0) is 6.42 Å². The van der Waals surface area contributed by atoms with Crippen LogP contribution in [0.4, 0.5) is 0 Å². The van der Waals surface area contributed by atoms with Crippen LogP contribution in [0.5, 0.6) is 0 Å². The molecule has 0 fully saturated rings. The fraction of sp³-hybridized carbons (Fsp3) is 0.364. The summed E-state index contributed by atoms with van der Waals surface area (Å²) in [7, 11) is 0. The van der Waals surface area contributed by atoms with Gasteiger partial charge < -0.3 is 5.11 Å². The van der Waals surface area contributed by atoms with Gasteiger partial charge in [-0.15, -0.1) is 5.10 Å². The molecule has 0 saturated heterocycles. The topological polar surface area (TPSA) is 63.8 Å². The molecule has 5 nitrogen and oxygen atoms in total. The predicted molar refractivity (Wildman–Crippen MR) is 57.4 cm³/mol. The molecule has 0 saturated carbocycles. The van der Waals surface area contributed by atoms with E-state index in [1.165, 1.54) is 0 Å². The number of aryl methyl sites for hydroxylation is 1. The van der Waals surface area contributed by atoms with Crippen molar-refractivity contribution in [1.82, 2.24) is 19.7 Å². The number of aliphatic hydroxyl groups excluding tert-OH is 1. The number of hydrogen-bond donors (Lipinski definition) is 1. The van der Waals surface area contributed by atoms with E-state index in [0.29, 0.717) is 5.82 Å². The summed E-state index contributed by atoms with van der Waals surface area (Å²) in [4.78, 5) is 8.46. The largest absolute Gasteiger partial charge is 0.372 e. The van der Waals surface area contributed by atoms with Gasteiger partial charge in [-0.2, -0.15) is 0 Å². The normalized spacial score (nSPS) is 19.4. The summed E-state index contributed by atoms with van der Waals surface area (Å²) in [5, 5.41) is 14.1. The second kappa shape index (κ2) is 3.68. The van der Waals surface area contributed by atoms with E-state index in [4.69, 9.17) is 0 Å². The minimum Gasteiger partial charge on any atom is -0.372 e. The third-order valence-corrected chi connectivity index (χ3v) is 2.77. The summed E-state index contributed by atoms with van der Waals surface area (Å²) < 4.78 is 1.62. The average Bonchev–Trinajstić information content (AvgIpc) is 2.76. The fourth-order valence-corrected chi connectivity index (χ4v) is 1.95. The minimum atomic E-state index is -0.526. The molecule has 2 aromatic heterocycles. The maximum atomic E-state index is 9.77. The van der Waals surface area contributed by atoms with Crippen LogP contribution in [0.3, 0.4) is 0 Å². The SMILES string of the molecule is OC1CCCc2nc(-c3cccnc3)nn21. The number of nitrogens with zero attached hydrogens (tertiary/aromatic N) is 4. The zero-order chi connectivity index (χ0) is 11.0. The Labute approximate surface area is 92.8 Å². The van der Waals surface area contributed by atoms with E-state index in [9.17, 15) is 5.11 Å². The van der Waals surface area contributed by atoms with Gasteiger partial charge in [-0.1, -0.05) is 0 Å². The van der Waals surface area contributed by atoms with Crippen LogP contribution in [0.1, 0.15) is 24.9 Å². The molecule has 0 radical (unpaired) electrons. The summed E-state index contributed by atoms with van der Waals surface area (Å²) in [5.41, 5.74) is 0.886. The van der Waals surface area contributed by atoms with Crippen molar-refractivity contribution >= 4 is 0 Å².